The van der Waals surface area contributed by atoms with Crippen molar-refractivity contribution in [2.24, 2.45) is 5.92 Å². The van der Waals surface area contributed by atoms with E-state index in [1.165, 1.54) is 24.0 Å². The van der Waals surface area contributed by atoms with Gasteiger partial charge in [-0.25, -0.2) is 0 Å². The van der Waals surface area contributed by atoms with Crippen LogP contribution in [0, 0.1) is 5.92 Å². The molecule has 0 unspecified atom stereocenters. The maximum atomic E-state index is 8.85. The van der Waals surface area contributed by atoms with E-state index in [1.807, 2.05) is 0 Å². The average molecular weight is 264 g/mol. The van der Waals surface area contributed by atoms with E-state index in [1.54, 1.807) is 0 Å². The first kappa shape index (κ1) is 16.0. The van der Waals surface area contributed by atoms with Gasteiger partial charge in [0.2, 0.25) is 0 Å². The Hall–Kier alpha value is -1.02. The van der Waals surface area contributed by atoms with Crippen molar-refractivity contribution in [1.29, 1.82) is 0 Å². The van der Waals surface area contributed by atoms with Crippen molar-refractivity contribution in [3.63, 3.8) is 0 Å². The van der Waals surface area contributed by atoms with Gasteiger partial charge in [-0.1, -0.05) is 45.7 Å². The van der Waals surface area contributed by atoms with Crippen molar-refractivity contribution in [3.05, 3.63) is 29.3 Å². The molecular weight excluding hydrogens is 236 g/mol. The van der Waals surface area contributed by atoms with Gasteiger partial charge in [0.15, 0.2) is 0 Å². The Morgan fingerprint density at radius 3 is 2.63 bits per heavy atom. The van der Waals surface area contributed by atoms with Crippen LogP contribution < -0.4 is 4.74 Å². The molecule has 0 bridgehead atoms. The summed E-state index contributed by atoms with van der Waals surface area (Å²) >= 11 is 0. The summed E-state index contributed by atoms with van der Waals surface area (Å²) in [5, 5.41) is 8.85. The number of benzene rings is 1. The third-order valence-corrected chi connectivity index (χ3v) is 3.24. The SMILES string of the molecule is CCCc1cc(CCCC(C)C)ccc1OCCO. The molecule has 0 aliphatic heterocycles. The summed E-state index contributed by atoms with van der Waals surface area (Å²) < 4.78 is 5.59. The summed E-state index contributed by atoms with van der Waals surface area (Å²) in [6.45, 7) is 7.18. The van der Waals surface area contributed by atoms with Crippen LogP contribution >= 0.6 is 0 Å². The predicted molar refractivity (Wildman–Crippen MR) is 80.8 cm³/mol. The summed E-state index contributed by atoms with van der Waals surface area (Å²) in [4.78, 5) is 0. The summed E-state index contributed by atoms with van der Waals surface area (Å²) in [6.07, 6.45) is 5.84. The van der Waals surface area contributed by atoms with Gasteiger partial charge in [0.05, 0.1) is 6.61 Å². The highest BCUT2D eigenvalue weighted by molar-refractivity contribution is 5.37. The maximum Gasteiger partial charge on any atom is 0.122 e. The smallest absolute Gasteiger partial charge is 0.122 e. The molecule has 1 rings (SSSR count). The fraction of sp³-hybridized carbons (Fsp3) is 0.647. The standard InChI is InChI=1S/C17H28O2/c1-4-6-16-13-15(8-5-7-14(2)3)9-10-17(16)19-12-11-18/h9-10,13-14,18H,4-8,11-12H2,1-3H3. The molecule has 19 heavy (non-hydrogen) atoms. The third-order valence-electron chi connectivity index (χ3n) is 3.24. The quantitative estimate of drug-likeness (QED) is 0.731. The van der Waals surface area contributed by atoms with Crippen LogP contribution in [0.2, 0.25) is 0 Å². The fourth-order valence-corrected chi connectivity index (χ4v) is 2.26. The zero-order chi connectivity index (χ0) is 14.1. The molecule has 0 fully saturated rings. The molecule has 0 atom stereocenters. The van der Waals surface area contributed by atoms with E-state index in [9.17, 15) is 0 Å². The molecule has 2 nitrogen and oxygen atoms in total. The number of aryl methyl sites for hydroxylation is 2. The van der Waals surface area contributed by atoms with Gasteiger partial charge in [-0.15, -0.1) is 0 Å². The Labute approximate surface area is 117 Å². The summed E-state index contributed by atoms with van der Waals surface area (Å²) in [5.41, 5.74) is 2.68. The molecule has 1 N–H and O–H groups in total. The van der Waals surface area contributed by atoms with Crippen LogP contribution in [-0.2, 0) is 12.8 Å². The Balaban J connectivity index is 2.65. The molecule has 1 aromatic carbocycles. The third kappa shape index (κ3) is 6.11. The zero-order valence-corrected chi connectivity index (χ0v) is 12.6. The first-order valence-electron chi connectivity index (χ1n) is 7.52. The van der Waals surface area contributed by atoms with E-state index in [-0.39, 0.29) is 6.61 Å². The monoisotopic (exact) mass is 264 g/mol. The van der Waals surface area contributed by atoms with Gasteiger partial charge in [-0.05, 0) is 42.4 Å². The first-order valence-corrected chi connectivity index (χ1v) is 7.52. The lowest BCUT2D eigenvalue weighted by Gasteiger charge is -2.12. The van der Waals surface area contributed by atoms with E-state index < -0.39 is 0 Å². The highest BCUT2D eigenvalue weighted by Crippen LogP contribution is 2.23. The van der Waals surface area contributed by atoms with Crippen molar-refractivity contribution in [2.45, 2.75) is 52.9 Å². The van der Waals surface area contributed by atoms with Gasteiger partial charge in [-0.3, -0.25) is 0 Å². The van der Waals surface area contributed by atoms with Gasteiger partial charge in [-0.2, -0.15) is 0 Å². The van der Waals surface area contributed by atoms with Crippen LogP contribution in [0.4, 0.5) is 0 Å². The molecular formula is C17H28O2. The van der Waals surface area contributed by atoms with Crippen LogP contribution in [0.25, 0.3) is 0 Å². The Morgan fingerprint density at radius 1 is 1.21 bits per heavy atom. The zero-order valence-electron chi connectivity index (χ0n) is 12.6. The lowest BCUT2D eigenvalue weighted by Crippen LogP contribution is -2.04. The van der Waals surface area contributed by atoms with Crippen molar-refractivity contribution < 1.29 is 9.84 Å². The van der Waals surface area contributed by atoms with Crippen molar-refractivity contribution in [3.8, 4) is 5.75 Å². The van der Waals surface area contributed by atoms with E-state index in [4.69, 9.17) is 9.84 Å². The van der Waals surface area contributed by atoms with Crippen LogP contribution in [0.5, 0.6) is 5.75 Å². The van der Waals surface area contributed by atoms with Crippen LogP contribution in [-0.4, -0.2) is 18.3 Å². The van der Waals surface area contributed by atoms with Crippen LogP contribution in [0.3, 0.4) is 0 Å². The molecule has 0 amide bonds. The van der Waals surface area contributed by atoms with E-state index in [2.05, 4.69) is 39.0 Å². The van der Waals surface area contributed by atoms with E-state index in [0.29, 0.717) is 6.61 Å². The molecule has 0 radical (unpaired) electrons. The number of aliphatic hydroxyl groups excluding tert-OH is 1. The summed E-state index contributed by atoms with van der Waals surface area (Å²) in [5.74, 6) is 1.71. The fourth-order valence-electron chi connectivity index (χ4n) is 2.26. The van der Waals surface area contributed by atoms with Crippen LogP contribution in [0.1, 0.15) is 51.2 Å². The molecule has 2 heteroatoms. The molecule has 0 spiro atoms. The normalized spacial score (nSPS) is 11.0. The van der Waals surface area contributed by atoms with E-state index >= 15 is 0 Å². The number of hydrogen-bond donors (Lipinski definition) is 1. The maximum absolute atomic E-state index is 8.85. The predicted octanol–water partition coefficient (Wildman–Crippen LogP) is 3.99. The van der Waals surface area contributed by atoms with Gasteiger partial charge in [0.25, 0.3) is 0 Å². The second kappa shape index (κ2) is 8.98. The van der Waals surface area contributed by atoms with Crippen molar-refractivity contribution in [2.75, 3.05) is 13.2 Å². The molecule has 0 aliphatic carbocycles. The number of hydrogen-bond acceptors (Lipinski definition) is 2. The van der Waals surface area contributed by atoms with Gasteiger partial charge >= 0.3 is 0 Å². The van der Waals surface area contributed by atoms with Gasteiger partial charge < -0.3 is 9.84 Å². The highest BCUT2D eigenvalue weighted by atomic mass is 16.5. The second-order valence-corrected chi connectivity index (χ2v) is 5.55. The second-order valence-electron chi connectivity index (χ2n) is 5.55. The number of aliphatic hydroxyl groups is 1. The largest absolute Gasteiger partial charge is 0.491 e. The molecule has 0 aliphatic rings. The molecule has 0 aromatic heterocycles. The number of ether oxygens (including phenoxy) is 1. The summed E-state index contributed by atoms with van der Waals surface area (Å²) in [7, 11) is 0. The lowest BCUT2D eigenvalue weighted by atomic mass is 9.99. The van der Waals surface area contributed by atoms with Crippen LogP contribution in [0.15, 0.2) is 18.2 Å². The molecule has 0 heterocycles. The average Bonchev–Trinajstić information content (AvgIpc) is 2.38. The minimum Gasteiger partial charge on any atom is -0.491 e. The topological polar surface area (TPSA) is 29.5 Å². The molecule has 0 saturated heterocycles. The van der Waals surface area contributed by atoms with Crippen molar-refractivity contribution >= 4 is 0 Å². The molecule has 1 aromatic rings. The highest BCUT2D eigenvalue weighted by Gasteiger charge is 2.05. The van der Waals surface area contributed by atoms with E-state index in [0.717, 1.165) is 30.9 Å². The Morgan fingerprint density at radius 2 is 2.00 bits per heavy atom. The molecule has 0 saturated carbocycles. The summed E-state index contributed by atoms with van der Waals surface area (Å²) in [6, 6.07) is 6.49. The Bertz CT molecular complexity index is 358. The first-order chi connectivity index (χ1) is 9.17. The van der Waals surface area contributed by atoms with Gasteiger partial charge in [0.1, 0.15) is 12.4 Å². The Kier molecular flexibility index (Phi) is 7.57. The lowest BCUT2D eigenvalue weighted by molar-refractivity contribution is 0.200. The van der Waals surface area contributed by atoms with Gasteiger partial charge in [0, 0.05) is 0 Å². The minimum absolute atomic E-state index is 0.0711. The molecule has 108 valence electrons. The van der Waals surface area contributed by atoms with Crippen molar-refractivity contribution in [1.82, 2.24) is 0 Å². The number of rotatable bonds is 9. The minimum atomic E-state index is 0.0711.